The largest absolute Gasteiger partial charge is 0.398 e. The molecule has 3 rings (SSSR count). The van der Waals surface area contributed by atoms with Gasteiger partial charge in [-0.3, -0.25) is 0 Å². The van der Waals surface area contributed by atoms with E-state index in [4.69, 9.17) is 5.73 Å². The van der Waals surface area contributed by atoms with Gasteiger partial charge in [-0.25, -0.2) is 0 Å². The Morgan fingerprint density at radius 2 is 2.05 bits per heavy atom. The molecule has 0 saturated heterocycles. The summed E-state index contributed by atoms with van der Waals surface area (Å²) in [7, 11) is 0. The molecule has 0 aliphatic heterocycles. The van der Waals surface area contributed by atoms with E-state index in [2.05, 4.69) is 54.3 Å². The van der Waals surface area contributed by atoms with Gasteiger partial charge in [0.25, 0.3) is 0 Å². The lowest BCUT2D eigenvalue weighted by molar-refractivity contribution is 1.15. The summed E-state index contributed by atoms with van der Waals surface area (Å²) in [4.78, 5) is 3.33. The van der Waals surface area contributed by atoms with Crippen LogP contribution in [0.2, 0.25) is 0 Å². The molecule has 0 atom stereocenters. The fourth-order valence-corrected chi connectivity index (χ4v) is 2.77. The number of benzene rings is 2. The summed E-state index contributed by atoms with van der Waals surface area (Å²) >= 11 is 0. The van der Waals surface area contributed by atoms with E-state index in [1.165, 1.54) is 10.9 Å². The van der Waals surface area contributed by atoms with Gasteiger partial charge in [0.15, 0.2) is 0 Å². The van der Waals surface area contributed by atoms with Crippen LogP contribution in [0.4, 0.5) is 17.1 Å². The van der Waals surface area contributed by atoms with E-state index in [9.17, 15) is 0 Å². The molecular formula is C19H21N3. The predicted octanol–water partition coefficient (Wildman–Crippen LogP) is 5.01. The standard InChI is InChI=1S/C19H21N3/c1-4-13-8-16(9-18(20)12(13)3)22-15-6-7-17-14(5-2)11-21-19(17)10-15/h4,6-11,21-22H,1,5,20H2,2-3H3. The van der Waals surface area contributed by atoms with Crippen LogP contribution >= 0.6 is 0 Å². The fraction of sp³-hybridized carbons (Fsp3) is 0.158. The smallest absolute Gasteiger partial charge is 0.0477 e. The monoisotopic (exact) mass is 291 g/mol. The first-order chi connectivity index (χ1) is 10.6. The van der Waals surface area contributed by atoms with Gasteiger partial charge in [-0.15, -0.1) is 0 Å². The molecule has 22 heavy (non-hydrogen) atoms. The molecule has 1 heterocycles. The summed E-state index contributed by atoms with van der Waals surface area (Å²) < 4.78 is 0. The molecule has 0 aliphatic carbocycles. The molecule has 3 aromatic rings. The van der Waals surface area contributed by atoms with Gasteiger partial charge in [0.2, 0.25) is 0 Å². The van der Waals surface area contributed by atoms with Gasteiger partial charge in [0.05, 0.1) is 0 Å². The lowest BCUT2D eigenvalue weighted by atomic mass is 10.1. The number of hydrogen-bond donors (Lipinski definition) is 3. The zero-order valence-corrected chi connectivity index (χ0v) is 13.0. The van der Waals surface area contributed by atoms with E-state index in [1.807, 2.05) is 19.1 Å². The van der Waals surface area contributed by atoms with Gasteiger partial charge in [0.1, 0.15) is 0 Å². The third kappa shape index (κ3) is 2.46. The number of nitrogens with one attached hydrogen (secondary N) is 2. The highest BCUT2D eigenvalue weighted by atomic mass is 14.9. The molecule has 0 saturated carbocycles. The summed E-state index contributed by atoms with van der Waals surface area (Å²) in [6.45, 7) is 8.02. The van der Waals surface area contributed by atoms with Crippen LogP contribution in [0.5, 0.6) is 0 Å². The number of aryl methyl sites for hydroxylation is 1. The molecule has 0 amide bonds. The maximum absolute atomic E-state index is 6.07. The van der Waals surface area contributed by atoms with E-state index < -0.39 is 0 Å². The Morgan fingerprint density at radius 3 is 2.77 bits per heavy atom. The molecule has 3 nitrogen and oxygen atoms in total. The molecule has 0 unspecified atom stereocenters. The highest BCUT2D eigenvalue weighted by molar-refractivity contribution is 5.87. The highest BCUT2D eigenvalue weighted by Crippen LogP contribution is 2.28. The summed E-state index contributed by atoms with van der Waals surface area (Å²) in [5.74, 6) is 0. The SMILES string of the molecule is C=Cc1cc(Nc2ccc3c(CC)c[nH]c3c2)cc(N)c1C. The molecule has 3 heteroatoms. The zero-order valence-electron chi connectivity index (χ0n) is 13.0. The molecule has 0 aliphatic rings. The average Bonchev–Trinajstić information content (AvgIpc) is 2.93. The number of H-pyrrole nitrogens is 1. The summed E-state index contributed by atoms with van der Waals surface area (Å²) in [5.41, 5.74) is 13.5. The number of anilines is 3. The van der Waals surface area contributed by atoms with Crippen LogP contribution in [0, 0.1) is 6.92 Å². The van der Waals surface area contributed by atoms with Gasteiger partial charge in [-0.05, 0) is 54.3 Å². The Kier molecular flexibility index (Phi) is 3.63. The van der Waals surface area contributed by atoms with Crippen molar-refractivity contribution in [2.45, 2.75) is 20.3 Å². The van der Waals surface area contributed by atoms with Gasteiger partial charge in [-0.2, -0.15) is 0 Å². The Hall–Kier alpha value is -2.68. The Morgan fingerprint density at radius 1 is 1.23 bits per heavy atom. The fourth-order valence-electron chi connectivity index (χ4n) is 2.77. The zero-order chi connectivity index (χ0) is 15.7. The van der Waals surface area contributed by atoms with Crippen LogP contribution < -0.4 is 11.1 Å². The Bertz CT molecular complexity index is 843. The minimum absolute atomic E-state index is 0.772. The van der Waals surface area contributed by atoms with Crippen molar-refractivity contribution in [3.05, 3.63) is 59.8 Å². The number of nitrogens with two attached hydrogens (primary N) is 1. The van der Waals surface area contributed by atoms with E-state index in [0.717, 1.165) is 40.1 Å². The first-order valence-electron chi connectivity index (χ1n) is 7.52. The van der Waals surface area contributed by atoms with Crippen molar-refractivity contribution >= 4 is 34.0 Å². The second kappa shape index (κ2) is 5.60. The molecule has 0 spiro atoms. The summed E-state index contributed by atoms with van der Waals surface area (Å²) in [6, 6.07) is 10.4. The molecular weight excluding hydrogens is 270 g/mol. The number of aromatic amines is 1. The minimum atomic E-state index is 0.772. The molecule has 0 fully saturated rings. The van der Waals surface area contributed by atoms with Crippen LogP contribution in [0.25, 0.3) is 17.0 Å². The maximum atomic E-state index is 6.07. The van der Waals surface area contributed by atoms with E-state index in [1.54, 1.807) is 0 Å². The number of hydrogen-bond acceptors (Lipinski definition) is 2. The van der Waals surface area contributed by atoms with Crippen LogP contribution in [0.3, 0.4) is 0 Å². The van der Waals surface area contributed by atoms with Crippen LogP contribution in [-0.4, -0.2) is 4.98 Å². The van der Waals surface area contributed by atoms with Gasteiger partial charge < -0.3 is 16.0 Å². The van der Waals surface area contributed by atoms with Crippen molar-refractivity contribution in [3.63, 3.8) is 0 Å². The highest BCUT2D eigenvalue weighted by Gasteiger charge is 2.05. The van der Waals surface area contributed by atoms with Gasteiger partial charge in [-0.1, -0.05) is 25.6 Å². The van der Waals surface area contributed by atoms with Crippen LogP contribution in [0.1, 0.15) is 23.6 Å². The van der Waals surface area contributed by atoms with Crippen molar-refractivity contribution in [3.8, 4) is 0 Å². The van der Waals surface area contributed by atoms with E-state index in [-0.39, 0.29) is 0 Å². The van der Waals surface area contributed by atoms with Crippen LogP contribution in [0.15, 0.2) is 43.1 Å². The molecule has 2 aromatic carbocycles. The Labute approximate surface area is 130 Å². The minimum Gasteiger partial charge on any atom is -0.398 e. The first-order valence-corrected chi connectivity index (χ1v) is 7.52. The van der Waals surface area contributed by atoms with E-state index >= 15 is 0 Å². The molecule has 4 N–H and O–H groups in total. The second-order valence-corrected chi connectivity index (χ2v) is 5.54. The number of nitrogen functional groups attached to an aromatic ring is 1. The number of rotatable bonds is 4. The predicted molar refractivity (Wildman–Crippen MR) is 96.6 cm³/mol. The second-order valence-electron chi connectivity index (χ2n) is 5.54. The van der Waals surface area contributed by atoms with E-state index in [0.29, 0.717) is 0 Å². The molecule has 112 valence electrons. The first kappa shape index (κ1) is 14.3. The molecule has 0 bridgehead atoms. The average molecular weight is 291 g/mol. The van der Waals surface area contributed by atoms with Crippen molar-refractivity contribution in [1.82, 2.24) is 4.98 Å². The van der Waals surface area contributed by atoms with Crippen molar-refractivity contribution < 1.29 is 0 Å². The lowest BCUT2D eigenvalue weighted by Crippen LogP contribution is -1.97. The molecule has 1 aromatic heterocycles. The number of fused-ring (bicyclic) bond motifs is 1. The quantitative estimate of drug-likeness (QED) is 0.592. The normalized spacial score (nSPS) is 10.8. The third-order valence-corrected chi connectivity index (χ3v) is 4.14. The van der Waals surface area contributed by atoms with Crippen molar-refractivity contribution in [2.24, 2.45) is 0 Å². The summed E-state index contributed by atoms with van der Waals surface area (Å²) in [6.07, 6.45) is 4.94. The lowest BCUT2D eigenvalue weighted by Gasteiger charge is -2.12. The van der Waals surface area contributed by atoms with Crippen molar-refractivity contribution in [1.29, 1.82) is 0 Å². The van der Waals surface area contributed by atoms with Gasteiger partial charge >= 0.3 is 0 Å². The van der Waals surface area contributed by atoms with Gasteiger partial charge in [0, 0.05) is 34.2 Å². The van der Waals surface area contributed by atoms with Crippen molar-refractivity contribution in [2.75, 3.05) is 11.1 Å². The number of aromatic nitrogens is 1. The third-order valence-electron chi connectivity index (χ3n) is 4.14. The Balaban J connectivity index is 1.96. The van der Waals surface area contributed by atoms with Crippen LogP contribution in [-0.2, 0) is 6.42 Å². The molecule has 0 radical (unpaired) electrons. The topological polar surface area (TPSA) is 53.8 Å². The summed E-state index contributed by atoms with van der Waals surface area (Å²) in [5, 5.41) is 4.70. The maximum Gasteiger partial charge on any atom is 0.0477 e.